The molecule has 3 atom stereocenters. The highest BCUT2D eigenvalue weighted by Crippen LogP contribution is 2.39. The van der Waals surface area contributed by atoms with Crippen LogP contribution in [0.2, 0.25) is 0 Å². The van der Waals surface area contributed by atoms with Crippen LogP contribution in [0.1, 0.15) is 24.8 Å². The van der Waals surface area contributed by atoms with Crippen molar-refractivity contribution < 1.29 is 9.47 Å². The second kappa shape index (κ2) is 6.45. The maximum Gasteiger partial charge on any atom is 0.193 e. The van der Waals surface area contributed by atoms with Gasteiger partial charge in [0, 0.05) is 30.9 Å². The van der Waals surface area contributed by atoms with Crippen molar-refractivity contribution in [1.82, 2.24) is 0 Å². The number of hydrogen-bond donors (Lipinski definition) is 2. The Hall–Kier alpha value is -1.59. The molecule has 1 aromatic carbocycles. The van der Waals surface area contributed by atoms with E-state index in [0.717, 1.165) is 30.7 Å². The van der Waals surface area contributed by atoms with Crippen molar-refractivity contribution in [2.75, 3.05) is 19.0 Å². The summed E-state index contributed by atoms with van der Waals surface area (Å²) in [4.78, 5) is 4.63. The minimum absolute atomic E-state index is 0.303. The third-order valence-electron chi connectivity index (χ3n) is 4.34. The van der Waals surface area contributed by atoms with Crippen molar-refractivity contribution >= 4 is 11.6 Å². The zero-order valence-corrected chi connectivity index (χ0v) is 12.4. The number of methoxy groups -OCH3 is 1. The maximum atomic E-state index is 6.06. The largest absolute Gasteiger partial charge is 0.380 e. The smallest absolute Gasteiger partial charge is 0.193 e. The first-order valence-electron chi connectivity index (χ1n) is 7.56. The van der Waals surface area contributed by atoms with Gasteiger partial charge in [-0.3, -0.25) is 0 Å². The molecule has 21 heavy (non-hydrogen) atoms. The summed E-state index contributed by atoms with van der Waals surface area (Å²) in [5.74, 6) is 1.03. The highest BCUT2D eigenvalue weighted by atomic mass is 16.5. The number of aliphatic imine (C=N–C) groups is 1. The molecule has 1 saturated carbocycles. The van der Waals surface area contributed by atoms with Gasteiger partial charge in [0.05, 0.1) is 18.8 Å². The summed E-state index contributed by atoms with van der Waals surface area (Å²) in [7, 11) is 1.69. The van der Waals surface area contributed by atoms with E-state index in [4.69, 9.17) is 15.2 Å². The van der Waals surface area contributed by atoms with Gasteiger partial charge in [-0.1, -0.05) is 18.2 Å². The molecule has 5 nitrogen and oxygen atoms in total. The van der Waals surface area contributed by atoms with E-state index in [1.54, 1.807) is 7.11 Å². The first-order valence-corrected chi connectivity index (χ1v) is 7.56. The van der Waals surface area contributed by atoms with Crippen LogP contribution < -0.4 is 11.1 Å². The van der Waals surface area contributed by atoms with Crippen LogP contribution >= 0.6 is 0 Å². The molecule has 5 heteroatoms. The van der Waals surface area contributed by atoms with Crippen molar-refractivity contribution in [3.63, 3.8) is 0 Å². The number of para-hydroxylation sites is 1. The molecule has 0 aromatic heterocycles. The molecule has 3 N–H and O–H groups in total. The number of rotatable bonds is 4. The molecule has 1 saturated heterocycles. The monoisotopic (exact) mass is 289 g/mol. The fourth-order valence-electron chi connectivity index (χ4n) is 3.18. The summed E-state index contributed by atoms with van der Waals surface area (Å²) < 4.78 is 10.9. The number of ether oxygens (including phenoxy) is 2. The number of nitrogens with one attached hydrogen (secondary N) is 1. The summed E-state index contributed by atoms with van der Waals surface area (Å²) in [6, 6.07) is 8.28. The number of fused-ring (bicyclic) bond motifs is 1. The van der Waals surface area contributed by atoms with E-state index < -0.39 is 0 Å². The lowest BCUT2D eigenvalue weighted by Gasteiger charge is -2.45. The highest BCUT2D eigenvalue weighted by Gasteiger charge is 2.43. The third-order valence-corrected chi connectivity index (χ3v) is 4.34. The van der Waals surface area contributed by atoms with Gasteiger partial charge in [0.2, 0.25) is 0 Å². The van der Waals surface area contributed by atoms with Gasteiger partial charge in [0.15, 0.2) is 5.96 Å². The standard InChI is InChI=1S/C16H23N3O2/c1-20-10-11-5-2-3-7-13(11)18-16(17)19-14-9-15-12(14)6-4-8-21-15/h2-3,5,7,12,14-15H,4,6,8-10H2,1H3,(H3,17,18,19). The summed E-state index contributed by atoms with van der Waals surface area (Å²) in [5.41, 5.74) is 8.09. The lowest BCUT2D eigenvalue weighted by Crippen LogP contribution is -2.49. The van der Waals surface area contributed by atoms with Gasteiger partial charge in [-0.05, 0) is 25.3 Å². The zero-order valence-electron chi connectivity index (χ0n) is 12.4. The molecule has 0 bridgehead atoms. The minimum Gasteiger partial charge on any atom is -0.380 e. The topological polar surface area (TPSA) is 68.9 Å². The average molecular weight is 289 g/mol. The molecule has 3 unspecified atom stereocenters. The first-order chi connectivity index (χ1) is 10.3. The van der Waals surface area contributed by atoms with Crippen LogP contribution in [0.15, 0.2) is 29.3 Å². The van der Waals surface area contributed by atoms with E-state index in [0.29, 0.717) is 30.6 Å². The molecule has 0 spiro atoms. The third kappa shape index (κ3) is 3.19. The number of anilines is 1. The molecule has 114 valence electrons. The second-order valence-electron chi connectivity index (χ2n) is 5.75. The Kier molecular flexibility index (Phi) is 4.41. The number of hydrogen-bond acceptors (Lipinski definition) is 3. The molecular weight excluding hydrogens is 266 g/mol. The summed E-state index contributed by atoms with van der Waals surface area (Å²) in [6.07, 6.45) is 3.73. The Morgan fingerprint density at radius 1 is 1.48 bits per heavy atom. The summed E-state index contributed by atoms with van der Waals surface area (Å²) in [5, 5.41) is 3.20. The Balaban J connectivity index is 1.63. The maximum absolute atomic E-state index is 6.06. The molecular formula is C16H23N3O2. The molecule has 2 aliphatic rings. The Bertz CT molecular complexity index is 518. The summed E-state index contributed by atoms with van der Waals surface area (Å²) >= 11 is 0. The zero-order chi connectivity index (χ0) is 14.7. The lowest BCUT2D eigenvalue weighted by atomic mass is 9.73. The Morgan fingerprint density at radius 3 is 3.14 bits per heavy atom. The fraction of sp³-hybridized carbons (Fsp3) is 0.562. The van der Waals surface area contributed by atoms with Gasteiger partial charge >= 0.3 is 0 Å². The van der Waals surface area contributed by atoms with Crippen LogP contribution in [-0.2, 0) is 16.1 Å². The molecule has 2 fully saturated rings. The van der Waals surface area contributed by atoms with Crippen molar-refractivity contribution in [2.24, 2.45) is 16.6 Å². The quantitative estimate of drug-likeness (QED) is 0.658. The molecule has 1 heterocycles. The van der Waals surface area contributed by atoms with Gasteiger partial charge in [0.25, 0.3) is 0 Å². The van der Waals surface area contributed by atoms with Crippen molar-refractivity contribution in [3.8, 4) is 0 Å². The molecule has 0 amide bonds. The molecule has 1 aliphatic heterocycles. The fourth-order valence-corrected chi connectivity index (χ4v) is 3.18. The van der Waals surface area contributed by atoms with Crippen LogP contribution in [0.5, 0.6) is 0 Å². The van der Waals surface area contributed by atoms with Gasteiger partial charge < -0.3 is 20.5 Å². The van der Waals surface area contributed by atoms with Gasteiger partial charge in [-0.15, -0.1) is 0 Å². The van der Waals surface area contributed by atoms with Gasteiger partial charge in [0.1, 0.15) is 0 Å². The van der Waals surface area contributed by atoms with Crippen molar-refractivity contribution in [1.29, 1.82) is 0 Å². The van der Waals surface area contributed by atoms with E-state index in [1.807, 2.05) is 24.3 Å². The van der Waals surface area contributed by atoms with Crippen molar-refractivity contribution in [2.45, 2.75) is 38.0 Å². The molecule has 3 rings (SSSR count). The first kappa shape index (κ1) is 14.4. The second-order valence-corrected chi connectivity index (χ2v) is 5.75. The number of benzene rings is 1. The van der Waals surface area contributed by atoms with E-state index in [2.05, 4.69) is 10.3 Å². The SMILES string of the molecule is COCc1ccccc1NC(N)=NC1CC2OCCCC12. The van der Waals surface area contributed by atoms with Crippen LogP contribution in [-0.4, -0.2) is 31.8 Å². The van der Waals surface area contributed by atoms with E-state index in [1.165, 1.54) is 6.42 Å². The average Bonchev–Trinajstić information content (AvgIpc) is 2.47. The Labute approximate surface area is 125 Å². The minimum atomic E-state index is 0.303. The van der Waals surface area contributed by atoms with Crippen LogP contribution in [0, 0.1) is 5.92 Å². The Morgan fingerprint density at radius 2 is 2.33 bits per heavy atom. The molecule has 1 aliphatic carbocycles. The highest BCUT2D eigenvalue weighted by molar-refractivity contribution is 5.93. The van der Waals surface area contributed by atoms with Crippen molar-refractivity contribution in [3.05, 3.63) is 29.8 Å². The predicted octanol–water partition coefficient (Wildman–Crippen LogP) is 2.13. The van der Waals surface area contributed by atoms with Crippen LogP contribution in [0.3, 0.4) is 0 Å². The number of guanidine groups is 1. The summed E-state index contributed by atoms with van der Waals surface area (Å²) in [6.45, 7) is 1.45. The van der Waals surface area contributed by atoms with E-state index in [-0.39, 0.29) is 0 Å². The lowest BCUT2D eigenvalue weighted by molar-refractivity contribution is -0.0937. The number of nitrogens with two attached hydrogens (primary N) is 1. The molecule has 0 radical (unpaired) electrons. The van der Waals surface area contributed by atoms with Crippen LogP contribution in [0.25, 0.3) is 0 Å². The van der Waals surface area contributed by atoms with Crippen LogP contribution in [0.4, 0.5) is 5.69 Å². The number of nitrogens with zero attached hydrogens (tertiary/aromatic N) is 1. The predicted molar refractivity (Wildman–Crippen MR) is 83.3 cm³/mol. The normalized spacial score (nSPS) is 28.6. The van der Waals surface area contributed by atoms with E-state index >= 15 is 0 Å². The molecule has 1 aromatic rings. The van der Waals surface area contributed by atoms with Gasteiger partial charge in [-0.2, -0.15) is 0 Å². The van der Waals surface area contributed by atoms with E-state index in [9.17, 15) is 0 Å². The van der Waals surface area contributed by atoms with Gasteiger partial charge in [-0.25, -0.2) is 4.99 Å².